The lowest BCUT2D eigenvalue weighted by atomic mass is 10.1. The van der Waals surface area contributed by atoms with Gasteiger partial charge in [-0.05, 0) is 55.0 Å². The van der Waals surface area contributed by atoms with Crippen molar-refractivity contribution in [2.45, 2.75) is 13.3 Å². The van der Waals surface area contributed by atoms with E-state index in [0.717, 1.165) is 22.5 Å². The Hall–Kier alpha value is -2.04. The number of hydrogen-bond acceptors (Lipinski definition) is 2. The number of rotatable bonds is 6. The maximum absolute atomic E-state index is 12.1. The molecule has 1 aromatic heterocycles. The van der Waals surface area contributed by atoms with E-state index in [0.29, 0.717) is 28.8 Å². The van der Waals surface area contributed by atoms with Crippen molar-refractivity contribution in [2.75, 3.05) is 13.3 Å². The molecule has 2 aromatic carbocycles. The van der Waals surface area contributed by atoms with E-state index in [1.165, 1.54) is 0 Å². The molecule has 0 N–H and O–H groups in total. The summed E-state index contributed by atoms with van der Waals surface area (Å²) in [5, 5.41) is 5.56. The van der Waals surface area contributed by atoms with Gasteiger partial charge in [0.25, 0.3) is 0 Å². The summed E-state index contributed by atoms with van der Waals surface area (Å²) in [6, 6.07) is 13.0. The average molecular weight is 379 g/mol. The van der Waals surface area contributed by atoms with Crippen molar-refractivity contribution >= 4 is 23.2 Å². The van der Waals surface area contributed by atoms with Crippen LogP contribution in [0.25, 0.3) is 16.9 Å². The molecule has 0 spiro atoms. The largest absolute Gasteiger partial charge is 0.493 e. The Kier molecular flexibility index (Phi) is 5.61. The van der Waals surface area contributed by atoms with Gasteiger partial charge in [0.1, 0.15) is 5.75 Å². The number of benzene rings is 2. The van der Waals surface area contributed by atoms with E-state index in [1.54, 1.807) is 23.0 Å². The zero-order valence-corrected chi connectivity index (χ0v) is 15.2. The summed E-state index contributed by atoms with van der Waals surface area (Å²) < 4.78 is 19.4. The predicted molar refractivity (Wildman–Crippen MR) is 99.8 cm³/mol. The molecule has 0 aliphatic rings. The molecular formula is C19H17Cl2FN2O. The first-order chi connectivity index (χ1) is 12.1. The Bertz CT molecular complexity index is 862. The zero-order valence-electron chi connectivity index (χ0n) is 13.7. The minimum atomic E-state index is -0.377. The minimum Gasteiger partial charge on any atom is -0.493 e. The van der Waals surface area contributed by atoms with Crippen LogP contribution in [0.15, 0.2) is 48.7 Å². The van der Waals surface area contributed by atoms with Crippen molar-refractivity contribution in [2.24, 2.45) is 0 Å². The zero-order chi connectivity index (χ0) is 17.8. The van der Waals surface area contributed by atoms with Crippen LogP contribution < -0.4 is 4.74 Å². The standard InChI is InChI=1S/C19H17Cl2FN2O/c1-13-12-23-24(18-8-5-15(20)11-17(18)21)19(13)14-3-6-16(7-4-14)25-10-2-9-22/h3-8,11-12H,2,9-10H2,1H3. The first kappa shape index (κ1) is 17.8. The summed E-state index contributed by atoms with van der Waals surface area (Å²) in [5.74, 6) is 0.713. The topological polar surface area (TPSA) is 27.1 Å². The highest BCUT2D eigenvalue weighted by atomic mass is 35.5. The molecule has 130 valence electrons. The van der Waals surface area contributed by atoms with Crippen LogP contribution in [0.1, 0.15) is 12.0 Å². The fourth-order valence-electron chi connectivity index (χ4n) is 2.57. The van der Waals surface area contributed by atoms with Crippen LogP contribution in [0.3, 0.4) is 0 Å². The Morgan fingerprint density at radius 2 is 1.88 bits per heavy atom. The van der Waals surface area contributed by atoms with E-state index in [2.05, 4.69) is 5.10 Å². The van der Waals surface area contributed by atoms with E-state index in [-0.39, 0.29) is 6.67 Å². The monoisotopic (exact) mass is 378 g/mol. The van der Waals surface area contributed by atoms with Crippen LogP contribution in [0.5, 0.6) is 5.75 Å². The molecule has 0 saturated heterocycles. The van der Waals surface area contributed by atoms with Gasteiger partial charge in [-0.25, -0.2) is 4.68 Å². The maximum atomic E-state index is 12.1. The van der Waals surface area contributed by atoms with Crippen LogP contribution in [0, 0.1) is 6.92 Å². The fraction of sp³-hybridized carbons (Fsp3) is 0.211. The number of hydrogen-bond donors (Lipinski definition) is 0. The van der Waals surface area contributed by atoms with E-state index in [4.69, 9.17) is 27.9 Å². The van der Waals surface area contributed by atoms with E-state index in [9.17, 15) is 4.39 Å². The Morgan fingerprint density at radius 3 is 2.56 bits per heavy atom. The Labute approximate surface area is 155 Å². The number of nitrogens with zero attached hydrogens (tertiary/aromatic N) is 2. The van der Waals surface area contributed by atoms with Gasteiger partial charge in [0.05, 0.1) is 35.9 Å². The van der Waals surface area contributed by atoms with E-state index < -0.39 is 0 Å². The summed E-state index contributed by atoms with van der Waals surface area (Å²) >= 11 is 12.3. The summed E-state index contributed by atoms with van der Waals surface area (Å²) in [4.78, 5) is 0. The molecule has 0 bridgehead atoms. The molecular weight excluding hydrogens is 362 g/mol. The lowest BCUT2D eigenvalue weighted by Gasteiger charge is -2.12. The van der Waals surface area contributed by atoms with Gasteiger partial charge in [-0.15, -0.1) is 0 Å². The second-order valence-electron chi connectivity index (χ2n) is 5.60. The molecule has 0 atom stereocenters. The normalized spacial score (nSPS) is 10.9. The van der Waals surface area contributed by atoms with E-state index in [1.807, 2.05) is 37.3 Å². The molecule has 0 unspecified atom stereocenters. The van der Waals surface area contributed by atoms with Gasteiger partial charge in [-0.1, -0.05) is 23.2 Å². The van der Waals surface area contributed by atoms with Crippen LogP contribution in [-0.2, 0) is 0 Å². The smallest absolute Gasteiger partial charge is 0.119 e. The van der Waals surface area contributed by atoms with Crippen molar-refractivity contribution in [1.82, 2.24) is 9.78 Å². The summed E-state index contributed by atoms with van der Waals surface area (Å²) in [6.45, 7) is 1.99. The van der Waals surface area contributed by atoms with Crippen molar-refractivity contribution in [1.29, 1.82) is 0 Å². The van der Waals surface area contributed by atoms with Crippen molar-refractivity contribution in [3.8, 4) is 22.7 Å². The van der Waals surface area contributed by atoms with Crippen LogP contribution in [0.2, 0.25) is 10.0 Å². The lowest BCUT2D eigenvalue weighted by molar-refractivity contribution is 0.289. The molecule has 3 rings (SSSR count). The molecule has 0 fully saturated rings. The molecule has 0 aliphatic carbocycles. The van der Waals surface area contributed by atoms with E-state index >= 15 is 0 Å². The number of halogens is 3. The summed E-state index contributed by atoms with van der Waals surface area (Å²) in [5.41, 5.74) is 3.72. The van der Waals surface area contributed by atoms with Gasteiger partial charge < -0.3 is 4.74 Å². The van der Waals surface area contributed by atoms with Gasteiger partial charge in [-0.2, -0.15) is 5.10 Å². The highest BCUT2D eigenvalue weighted by Crippen LogP contribution is 2.31. The van der Waals surface area contributed by atoms with Gasteiger partial charge in [0.15, 0.2) is 0 Å². The van der Waals surface area contributed by atoms with Crippen LogP contribution >= 0.6 is 23.2 Å². The minimum absolute atomic E-state index is 0.368. The van der Waals surface area contributed by atoms with Gasteiger partial charge in [0.2, 0.25) is 0 Å². The van der Waals surface area contributed by atoms with Gasteiger partial charge in [0, 0.05) is 17.0 Å². The third kappa shape index (κ3) is 3.97. The van der Waals surface area contributed by atoms with Crippen molar-refractivity contribution in [3.05, 3.63) is 64.3 Å². The molecule has 0 saturated carbocycles. The second-order valence-corrected chi connectivity index (χ2v) is 6.44. The van der Waals surface area contributed by atoms with Gasteiger partial charge >= 0.3 is 0 Å². The number of ether oxygens (including phenoxy) is 1. The first-order valence-corrected chi connectivity index (χ1v) is 8.65. The molecule has 3 aromatic rings. The second kappa shape index (κ2) is 7.89. The summed E-state index contributed by atoms with van der Waals surface area (Å²) in [6.07, 6.45) is 2.19. The maximum Gasteiger partial charge on any atom is 0.119 e. The quantitative estimate of drug-likeness (QED) is 0.499. The molecule has 0 amide bonds. The van der Waals surface area contributed by atoms with Crippen LogP contribution in [0.4, 0.5) is 4.39 Å². The predicted octanol–water partition coefficient (Wildman–Crippen LogP) is 5.89. The number of aryl methyl sites for hydroxylation is 1. The molecule has 6 heteroatoms. The SMILES string of the molecule is Cc1cnn(-c2ccc(Cl)cc2Cl)c1-c1ccc(OCCCF)cc1. The molecule has 1 heterocycles. The summed E-state index contributed by atoms with van der Waals surface area (Å²) in [7, 11) is 0. The van der Waals surface area contributed by atoms with Gasteiger partial charge in [-0.3, -0.25) is 4.39 Å². The van der Waals surface area contributed by atoms with Crippen molar-refractivity contribution < 1.29 is 9.13 Å². The highest BCUT2D eigenvalue weighted by molar-refractivity contribution is 6.35. The Morgan fingerprint density at radius 1 is 1.12 bits per heavy atom. The fourth-order valence-corrected chi connectivity index (χ4v) is 3.06. The Balaban J connectivity index is 1.94. The van der Waals surface area contributed by atoms with Crippen molar-refractivity contribution in [3.63, 3.8) is 0 Å². The molecule has 3 nitrogen and oxygen atoms in total. The van der Waals surface area contributed by atoms with Crippen LogP contribution in [-0.4, -0.2) is 23.1 Å². The average Bonchev–Trinajstić information content (AvgIpc) is 2.97. The third-order valence-corrected chi connectivity index (χ3v) is 4.30. The first-order valence-electron chi connectivity index (χ1n) is 7.89. The molecule has 0 aliphatic heterocycles. The lowest BCUT2D eigenvalue weighted by Crippen LogP contribution is -2.01. The highest BCUT2D eigenvalue weighted by Gasteiger charge is 2.14. The molecule has 0 radical (unpaired) electrons. The number of alkyl halides is 1. The molecule has 25 heavy (non-hydrogen) atoms. The third-order valence-electron chi connectivity index (χ3n) is 3.76. The number of aromatic nitrogens is 2.